The lowest BCUT2D eigenvalue weighted by Gasteiger charge is -2.42. The molecular formula is C28H30ClN3O3S. The van der Waals surface area contributed by atoms with E-state index in [1.165, 1.54) is 22.5 Å². The van der Waals surface area contributed by atoms with Gasteiger partial charge in [-0.2, -0.15) is 0 Å². The number of aryl methyl sites for hydroxylation is 1. The van der Waals surface area contributed by atoms with Crippen molar-refractivity contribution in [3.63, 3.8) is 0 Å². The Bertz CT molecular complexity index is 1250. The van der Waals surface area contributed by atoms with Crippen LogP contribution in [0.3, 0.4) is 0 Å². The number of rotatable bonds is 6. The molecule has 1 saturated heterocycles. The molecule has 0 aliphatic carbocycles. The van der Waals surface area contributed by atoms with Crippen molar-refractivity contribution in [2.24, 2.45) is 5.41 Å². The molecule has 0 N–H and O–H groups in total. The lowest BCUT2D eigenvalue weighted by molar-refractivity contribution is -0.136. The van der Waals surface area contributed by atoms with Gasteiger partial charge in [0.1, 0.15) is 10.6 Å². The summed E-state index contributed by atoms with van der Waals surface area (Å²) < 4.78 is 6.19. The number of nitrogens with zero attached hydrogens (tertiary/aromatic N) is 3. The topological polar surface area (TPSA) is 62.7 Å². The number of carbonyl (C=O) groups is 2. The highest BCUT2D eigenvalue weighted by Crippen LogP contribution is 2.38. The maximum atomic E-state index is 13.6. The van der Waals surface area contributed by atoms with Gasteiger partial charge in [0, 0.05) is 43.0 Å². The first kappa shape index (κ1) is 24.8. The van der Waals surface area contributed by atoms with E-state index in [0.717, 1.165) is 18.7 Å². The van der Waals surface area contributed by atoms with E-state index < -0.39 is 0 Å². The van der Waals surface area contributed by atoms with Crippen LogP contribution in [0.2, 0.25) is 5.02 Å². The summed E-state index contributed by atoms with van der Waals surface area (Å²) in [6.45, 7) is 4.83. The normalized spacial score (nSPS) is 16.9. The first-order chi connectivity index (χ1) is 17.4. The fraction of sp³-hybridized carbons (Fsp3) is 0.393. The van der Waals surface area contributed by atoms with E-state index in [1.807, 2.05) is 41.0 Å². The van der Waals surface area contributed by atoms with Crippen LogP contribution in [0.4, 0.5) is 0 Å². The Morgan fingerprint density at radius 3 is 2.56 bits per heavy atom. The van der Waals surface area contributed by atoms with Crippen molar-refractivity contribution in [2.75, 3.05) is 26.2 Å². The zero-order chi connectivity index (χ0) is 25.1. The number of piperidine rings is 1. The van der Waals surface area contributed by atoms with Crippen LogP contribution in [0.15, 0.2) is 54.0 Å². The number of thiazole rings is 1. The van der Waals surface area contributed by atoms with E-state index in [-0.39, 0.29) is 17.2 Å². The highest BCUT2D eigenvalue weighted by Gasteiger charge is 2.40. The second kappa shape index (κ2) is 10.6. The summed E-state index contributed by atoms with van der Waals surface area (Å²) in [7, 11) is 0. The molecule has 0 spiro atoms. The molecule has 8 heteroatoms. The van der Waals surface area contributed by atoms with Crippen molar-refractivity contribution in [2.45, 2.75) is 39.2 Å². The number of aromatic nitrogens is 1. The van der Waals surface area contributed by atoms with Gasteiger partial charge in [0.05, 0.1) is 17.8 Å². The molecule has 3 aromatic rings. The molecule has 36 heavy (non-hydrogen) atoms. The third-order valence-electron chi connectivity index (χ3n) is 7.40. The Kier molecular flexibility index (Phi) is 7.30. The van der Waals surface area contributed by atoms with Gasteiger partial charge in [-0.05, 0) is 55.5 Å². The Morgan fingerprint density at radius 2 is 1.83 bits per heavy atom. The summed E-state index contributed by atoms with van der Waals surface area (Å²) in [6.07, 6.45) is 2.68. The highest BCUT2D eigenvalue weighted by atomic mass is 35.5. The second-order valence-corrected chi connectivity index (χ2v) is 11.1. The molecule has 6 nitrogen and oxygen atoms in total. The fourth-order valence-corrected chi connectivity index (χ4v) is 6.09. The van der Waals surface area contributed by atoms with Crippen LogP contribution in [0.5, 0.6) is 5.75 Å². The molecule has 5 rings (SSSR count). The number of amides is 2. The molecular weight excluding hydrogens is 494 g/mol. The van der Waals surface area contributed by atoms with E-state index in [0.29, 0.717) is 61.2 Å². The van der Waals surface area contributed by atoms with Crippen molar-refractivity contribution in [3.8, 4) is 5.75 Å². The zero-order valence-corrected chi connectivity index (χ0v) is 22.0. The van der Waals surface area contributed by atoms with Crippen LogP contribution in [-0.2, 0) is 17.8 Å². The molecule has 188 valence electrons. The number of hydrogen-bond acceptors (Lipinski definition) is 5. The van der Waals surface area contributed by atoms with Crippen LogP contribution in [0, 0.1) is 12.3 Å². The van der Waals surface area contributed by atoms with Gasteiger partial charge >= 0.3 is 0 Å². The minimum atomic E-state index is -0.351. The maximum absolute atomic E-state index is 13.6. The van der Waals surface area contributed by atoms with E-state index in [9.17, 15) is 9.59 Å². The molecule has 2 amide bonds. The molecule has 0 unspecified atom stereocenters. The average Bonchev–Trinajstić information content (AvgIpc) is 3.33. The largest absolute Gasteiger partial charge is 0.493 e. The summed E-state index contributed by atoms with van der Waals surface area (Å²) in [4.78, 5) is 35.4. The Morgan fingerprint density at radius 1 is 1.06 bits per heavy atom. The van der Waals surface area contributed by atoms with E-state index in [1.54, 1.807) is 11.6 Å². The van der Waals surface area contributed by atoms with Crippen molar-refractivity contribution >= 4 is 34.8 Å². The number of benzene rings is 2. The van der Waals surface area contributed by atoms with Gasteiger partial charge in [-0.25, -0.2) is 4.98 Å². The van der Waals surface area contributed by atoms with Crippen molar-refractivity contribution in [1.29, 1.82) is 0 Å². The average molecular weight is 524 g/mol. The van der Waals surface area contributed by atoms with Gasteiger partial charge in [-0.3, -0.25) is 9.59 Å². The third kappa shape index (κ3) is 5.42. The highest BCUT2D eigenvalue weighted by molar-refractivity contribution is 7.11. The van der Waals surface area contributed by atoms with Crippen LogP contribution in [0.1, 0.15) is 45.8 Å². The molecule has 1 aromatic heterocycles. The van der Waals surface area contributed by atoms with E-state index in [2.05, 4.69) is 23.2 Å². The number of fused-ring (bicyclic) bond motifs is 1. The van der Waals surface area contributed by atoms with Gasteiger partial charge < -0.3 is 14.5 Å². The summed E-state index contributed by atoms with van der Waals surface area (Å²) >= 11 is 7.54. The number of carbonyl (C=O) groups excluding carboxylic acids is 2. The molecule has 0 bridgehead atoms. The molecule has 2 aromatic carbocycles. The minimum Gasteiger partial charge on any atom is -0.493 e. The lowest BCUT2D eigenvalue weighted by atomic mass is 9.75. The minimum absolute atomic E-state index is 0.0262. The number of likely N-dealkylation sites (tertiary alicyclic amines) is 1. The number of ether oxygens (including phenoxy) is 1. The molecule has 3 heterocycles. The lowest BCUT2D eigenvalue weighted by Crippen LogP contribution is -2.48. The van der Waals surface area contributed by atoms with Gasteiger partial charge in [-0.15, -0.1) is 11.3 Å². The Labute approximate surface area is 220 Å². The summed E-state index contributed by atoms with van der Waals surface area (Å²) in [5, 5.41) is 0.616. The molecule has 0 atom stereocenters. The predicted molar refractivity (Wildman–Crippen MR) is 142 cm³/mol. The third-order valence-corrected chi connectivity index (χ3v) is 8.55. The first-order valence-electron chi connectivity index (χ1n) is 12.3. The standard InChI is InChI=1S/C28H30ClN3O3S/c1-20-26(36-19-30-20)27(34)31-13-10-28(11-14-31,18-35-24-8-4-7-23(29)15-24)16-25(33)32-12-9-21-5-2-3-6-22(21)17-32/h2-8,15,19H,9-14,16-18H2,1H3. The van der Waals surface area contributed by atoms with E-state index in [4.69, 9.17) is 16.3 Å². The van der Waals surface area contributed by atoms with Crippen molar-refractivity contribution in [3.05, 3.63) is 80.8 Å². The molecule has 2 aliphatic heterocycles. The zero-order valence-electron chi connectivity index (χ0n) is 20.4. The molecule has 0 saturated carbocycles. The monoisotopic (exact) mass is 523 g/mol. The second-order valence-electron chi connectivity index (χ2n) is 9.82. The number of hydrogen-bond donors (Lipinski definition) is 0. The van der Waals surface area contributed by atoms with Crippen LogP contribution >= 0.6 is 22.9 Å². The molecule has 0 radical (unpaired) electrons. The number of halogens is 1. The maximum Gasteiger partial charge on any atom is 0.265 e. The van der Waals surface area contributed by atoms with Gasteiger partial charge in [0.2, 0.25) is 5.91 Å². The van der Waals surface area contributed by atoms with Crippen LogP contribution < -0.4 is 4.74 Å². The predicted octanol–water partition coefficient (Wildman–Crippen LogP) is 5.38. The SMILES string of the molecule is Cc1ncsc1C(=O)N1CCC(COc2cccc(Cl)c2)(CC(=O)N2CCc3ccccc3C2)CC1. The summed E-state index contributed by atoms with van der Waals surface area (Å²) in [5.74, 6) is 0.871. The van der Waals surface area contributed by atoms with Gasteiger partial charge in [0.15, 0.2) is 0 Å². The summed E-state index contributed by atoms with van der Waals surface area (Å²) in [5.41, 5.74) is 4.68. The smallest absolute Gasteiger partial charge is 0.265 e. The Hall–Kier alpha value is -2.90. The van der Waals surface area contributed by atoms with Crippen LogP contribution in [0.25, 0.3) is 0 Å². The van der Waals surface area contributed by atoms with Crippen molar-refractivity contribution < 1.29 is 14.3 Å². The van der Waals surface area contributed by atoms with E-state index >= 15 is 0 Å². The fourth-order valence-electron chi connectivity index (χ4n) is 5.14. The van der Waals surface area contributed by atoms with Gasteiger partial charge in [0.25, 0.3) is 5.91 Å². The summed E-state index contributed by atoms with van der Waals surface area (Å²) in [6, 6.07) is 15.7. The van der Waals surface area contributed by atoms with Crippen molar-refractivity contribution in [1.82, 2.24) is 14.8 Å². The van der Waals surface area contributed by atoms with Gasteiger partial charge in [-0.1, -0.05) is 41.9 Å². The first-order valence-corrected chi connectivity index (χ1v) is 13.6. The van der Waals surface area contributed by atoms with Crippen LogP contribution in [-0.4, -0.2) is 52.8 Å². The Balaban J connectivity index is 1.30. The molecule has 2 aliphatic rings. The molecule has 1 fully saturated rings. The quantitative estimate of drug-likeness (QED) is 0.435.